The van der Waals surface area contributed by atoms with E-state index in [1.807, 2.05) is 84.9 Å². The number of hydrogen-bond donors (Lipinski definition) is 0. The molecule has 3 aromatic rings. The highest BCUT2D eigenvalue weighted by atomic mass is 16.1. The van der Waals surface area contributed by atoms with Gasteiger partial charge < -0.3 is 0 Å². The zero-order valence-corrected chi connectivity index (χ0v) is 11.0. The summed E-state index contributed by atoms with van der Waals surface area (Å²) in [5.41, 5.74) is 3.42. The summed E-state index contributed by atoms with van der Waals surface area (Å²) in [6.45, 7) is 0. The molecule has 96 valence electrons. The van der Waals surface area contributed by atoms with Crippen LogP contribution in [-0.4, -0.2) is 0 Å². The predicted octanol–water partition coefficient (Wildman–Crippen LogP) is 4.38. The van der Waals surface area contributed by atoms with Crippen molar-refractivity contribution in [2.24, 2.45) is 0 Å². The third-order valence-corrected chi connectivity index (χ3v) is 3.30. The molecule has 0 aromatic heterocycles. The standard InChI is InChI=1S/C19H14O/c20-19-17(15-9-3-1-4-10-15)13-7-8-14-18(19)16-11-5-2-6-12-16/h1-14H. The minimum atomic E-state index is 0.0624. The molecule has 0 aliphatic carbocycles. The van der Waals surface area contributed by atoms with Gasteiger partial charge in [-0.05, 0) is 11.1 Å². The average Bonchev–Trinajstić information content (AvgIpc) is 2.71. The van der Waals surface area contributed by atoms with Gasteiger partial charge in [-0.2, -0.15) is 0 Å². The topological polar surface area (TPSA) is 17.1 Å². The summed E-state index contributed by atoms with van der Waals surface area (Å²) >= 11 is 0. The largest absolute Gasteiger partial charge is 0.289 e. The van der Waals surface area contributed by atoms with Gasteiger partial charge in [0.05, 0.1) is 0 Å². The molecule has 0 bridgehead atoms. The van der Waals surface area contributed by atoms with Gasteiger partial charge in [-0.25, -0.2) is 0 Å². The number of rotatable bonds is 2. The van der Waals surface area contributed by atoms with Gasteiger partial charge in [-0.3, -0.25) is 4.79 Å². The summed E-state index contributed by atoms with van der Waals surface area (Å²) in [4.78, 5) is 12.8. The van der Waals surface area contributed by atoms with Crippen molar-refractivity contribution in [3.8, 4) is 22.3 Å². The van der Waals surface area contributed by atoms with Gasteiger partial charge in [0.1, 0.15) is 0 Å². The molecule has 1 nitrogen and oxygen atoms in total. The molecular formula is C19H14O. The second kappa shape index (κ2) is 5.54. The second-order valence-electron chi connectivity index (χ2n) is 4.61. The van der Waals surface area contributed by atoms with Crippen LogP contribution in [0.15, 0.2) is 89.7 Å². The number of hydrogen-bond acceptors (Lipinski definition) is 1. The van der Waals surface area contributed by atoms with Crippen LogP contribution in [0.2, 0.25) is 0 Å². The molecule has 0 heterocycles. The first-order chi connectivity index (χ1) is 9.86. The lowest BCUT2D eigenvalue weighted by Gasteiger charge is -2.00. The van der Waals surface area contributed by atoms with E-state index in [1.54, 1.807) is 0 Å². The molecule has 1 heteroatoms. The zero-order chi connectivity index (χ0) is 13.8. The Bertz CT molecular complexity index is 697. The van der Waals surface area contributed by atoms with E-state index in [4.69, 9.17) is 0 Å². The maximum Gasteiger partial charge on any atom is 0.194 e. The minimum absolute atomic E-state index is 0.0624. The van der Waals surface area contributed by atoms with Crippen molar-refractivity contribution < 1.29 is 0 Å². The van der Waals surface area contributed by atoms with Crippen molar-refractivity contribution in [1.82, 2.24) is 0 Å². The lowest BCUT2D eigenvalue weighted by atomic mass is 10.0. The molecule has 20 heavy (non-hydrogen) atoms. The van der Waals surface area contributed by atoms with Crippen molar-refractivity contribution in [3.63, 3.8) is 0 Å². The van der Waals surface area contributed by atoms with E-state index in [0.29, 0.717) is 0 Å². The molecule has 0 aliphatic rings. The highest BCUT2D eigenvalue weighted by Crippen LogP contribution is 2.19. The molecule has 0 atom stereocenters. The Morgan fingerprint density at radius 1 is 0.450 bits per heavy atom. The van der Waals surface area contributed by atoms with Crippen LogP contribution in [0.25, 0.3) is 22.3 Å². The van der Waals surface area contributed by atoms with E-state index in [2.05, 4.69) is 0 Å². The summed E-state index contributed by atoms with van der Waals surface area (Å²) in [7, 11) is 0. The van der Waals surface area contributed by atoms with Crippen LogP contribution in [0.1, 0.15) is 0 Å². The molecule has 0 aliphatic heterocycles. The Morgan fingerprint density at radius 3 is 1.20 bits per heavy atom. The summed E-state index contributed by atoms with van der Waals surface area (Å²) in [5.74, 6) is 0. The summed E-state index contributed by atoms with van der Waals surface area (Å²) in [6, 6.07) is 27.1. The van der Waals surface area contributed by atoms with Crippen LogP contribution >= 0.6 is 0 Å². The van der Waals surface area contributed by atoms with Crippen molar-refractivity contribution in [3.05, 3.63) is 95.2 Å². The molecule has 0 fully saturated rings. The highest BCUT2D eigenvalue weighted by molar-refractivity contribution is 5.71. The Labute approximate surface area is 118 Å². The molecule has 0 spiro atoms. The monoisotopic (exact) mass is 258 g/mol. The average molecular weight is 258 g/mol. The Morgan fingerprint density at radius 2 is 0.800 bits per heavy atom. The molecule has 0 unspecified atom stereocenters. The fourth-order valence-corrected chi connectivity index (χ4v) is 2.29. The first-order valence-corrected chi connectivity index (χ1v) is 6.60. The van der Waals surface area contributed by atoms with Crippen LogP contribution in [0, 0.1) is 0 Å². The van der Waals surface area contributed by atoms with Gasteiger partial charge in [-0.15, -0.1) is 0 Å². The Hall–Kier alpha value is -2.67. The second-order valence-corrected chi connectivity index (χ2v) is 4.61. The van der Waals surface area contributed by atoms with E-state index in [0.717, 1.165) is 22.3 Å². The van der Waals surface area contributed by atoms with Crippen molar-refractivity contribution in [2.45, 2.75) is 0 Å². The van der Waals surface area contributed by atoms with Crippen LogP contribution < -0.4 is 5.43 Å². The molecular weight excluding hydrogens is 244 g/mol. The van der Waals surface area contributed by atoms with E-state index < -0.39 is 0 Å². The van der Waals surface area contributed by atoms with Crippen molar-refractivity contribution in [1.29, 1.82) is 0 Å². The molecule has 3 aromatic carbocycles. The minimum Gasteiger partial charge on any atom is -0.289 e. The first kappa shape index (κ1) is 12.4. The molecule has 0 amide bonds. The van der Waals surface area contributed by atoms with Gasteiger partial charge in [-0.1, -0.05) is 84.9 Å². The molecule has 3 rings (SSSR count). The highest BCUT2D eigenvalue weighted by Gasteiger charge is 2.06. The maximum absolute atomic E-state index is 12.8. The third kappa shape index (κ3) is 2.39. The van der Waals surface area contributed by atoms with Crippen LogP contribution in [0.4, 0.5) is 0 Å². The lowest BCUT2D eigenvalue weighted by molar-refractivity contribution is 1.56. The van der Waals surface area contributed by atoms with Gasteiger partial charge in [0.15, 0.2) is 5.43 Å². The fourth-order valence-electron chi connectivity index (χ4n) is 2.29. The van der Waals surface area contributed by atoms with Crippen molar-refractivity contribution >= 4 is 0 Å². The summed E-state index contributed by atoms with van der Waals surface area (Å²) in [5, 5.41) is 0. The Kier molecular flexibility index (Phi) is 3.42. The SMILES string of the molecule is O=c1c(-c2ccccc2)ccccc1-c1ccccc1. The van der Waals surface area contributed by atoms with Gasteiger partial charge in [0.25, 0.3) is 0 Å². The molecule has 0 N–H and O–H groups in total. The fraction of sp³-hybridized carbons (Fsp3) is 0. The first-order valence-electron chi connectivity index (χ1n) is 6.60. The van der Waals surface area contributed by atoms with Gasteiger partial charge in [0, 0.05) is 11.1 Å². The van der Waals surface area contributed by atoms with Gasteiger partial charge in [0.2, 0.25) is 0 Å². The molecule has 0 radical (unpaired) electrons. The maximum atomic E-state index is 12.8. The third-order valence-electron chi connectivity index (χ3n) is 3.30. The lowest BCUT2D eigenvalue weighted by Crippen LogP contribution is -2.04. The van der Waals surface area contributed by atoms with Gasteiger partial charge >= 0.3 is 0 Å². The predicted molar refractivity (Wildman–Crippen MR) is 83.6 cm³/mol. The summed E-state index contributed by atoms with van der Waals surface area (Å²) < 4.78 is 0. The van der Waals surface area contributed by atoms with Crippen LogP contribution in [0.3, 0.4) is 0 Å². The number of benzene rings is 2. The van der Waals surface area contributed by atoms with Crippen LogP contribution in [-0.2, 0) is 0 Å². The quantitative estimate of drug-likeness (QED) is 0.666. The van der Waals surface area contributed by atoms with E-state index in [1.165, 1.54) is 0 Å². The van der Waals surface area contributed by atoms with Crippen molar-refractivity contribution in [2.75, 3.05) is 0 Å². The smallest absolute Gasteiger partial charge is 0.194 e. The van der Waals surface area contributed by atoms with E-state index in [-0.39, 0.29) is 5.43 Å². The normalized spacial score (nSPS) is 10.2. The molecule has 0 saturated carbocycles. The van der Waals surface area contributed by atoms with E-state index >= 15 is 0 Å². The zero-order valence-electron chi connectivity index (χ0n) is 11.0. The Balaban J connectivity index is 2.26. The molecule has 0 saturated heterocycles. The van der Waals surface area contributed by atoms with Crippen LogP contribution in [0.5, 0.6) is 0 Å². The van der Waals surface area contributed by atoms with E-state index in [9.17, 15) is 4.79 Å². The summed E-state index contributed by atoms with van der Waals surface area (Å²) in [6.07, 6.45) is 0.